The van der Waals surface area contributed by atoms with Gasteiger partial charge in [-0.1, -0.05) is 0 Å². The summed E-state index contributed by atoms with van der Waals surface area (Å²) in [4.78, 5) is 0. The van der Waals surface area contributed by atoms with Crippen molar-refractivity contribution in [3.63, 3.8) is 0 Å². The molecule has 0 N–H and O–H groups in total. The zero-order chi connectivity index (χ0) is 14.8. The van der Waals surface area contributed by atoms with Gasteiger partial charge in [0.15, 0.2) is 0 Å². The van der Waals surface area contributed by atoms with Crippen LogP contribution in [-0.4, -0.2) is 25.6 Å². The van der Waals surface area contributed by atoms with Crippen molar-refractivity contribution < 1.29 is 13.3 Å². The largest absolute Gasteiger partial charge is 0.620 e. The Morgan fingerprint density at radius 2 is 0.889 bits per heavy atom. The fourth-order valence-electron chi connectivity index (χ4n) is 1.34. The van der Waals surface area contributed by atoms with E-state index in [2.05, 4.69) is 5.69 Å². The van der Waals surface area contributed by atoms with Crippen molar-refractivity contribution in [2.45, 2.75) is 79.1 Å². The predicted molar refractivity (Wildman–Crippen MR) is 73.9 cm³/mol. The molecule has 18 heavy (non-hydrogen) atoms. The molecule has 0 aliphatic rings. The molecule has 0 atom stereocenters. The Morgan fingerprint density at radius 1 is 0.667 bits per heavy atom. The quantitative estimate of drug-likeness (QED) is 0.739. The summed E-state index contributed by atoms with van der Waals surface area (Å²) in [6.45, 7) is 17.0. The monoisotopic (exact) mass is 273 g/mol. The van der Waals surface area contributed by atoms with E-state index in [1.54, 1.807) is 0 Å². The molecule has 0 rings (SSSR count). The number of hydrogen-bond donors (Lipinski definition) is 0. The number of nitriles is 1. The van der Waals surface area contributed by atoms with E-state index < -0.39 is 25.6 Å². The Balaban J connectivity index is 5.29. The highest BCUT2D eigenvalue weighted by Gasteiger charge is 2.51. The molecule has 0 radical (unpaired) electrons. The first-order chi connectivity index (χ1) is 7.68. The van der Waals surface area contributed by atoms with Crippen LogP contribution < -0.4 is 0 Å². The van der Waals surface area contributed by atoms with E-state index in [1.807, 2.05) is 62.3 Å². The molecular formula is C13H27NO3Si. The summed E-state index contributed by atoms with van der Waals surface area (Å²) in [5.41, 5.74) is 0.694. The third kappa shape index (κ3) is 7.83. The first-order valence-corrected chi connectivity index (χ1v) is 7.92. The number of rotatable bonds is 3. The molecule has 0 saturated carbocycles. The van der Waals surface area contributed by atoms with Crippen molar-refractivity contribution in [1.82, 2.24) is 0 Å². The lowest BCUT2D eigenvalue weighted by Crippen LogP contribution is -2.56. The van der Waals surface area contributed by atoms with Crippen LogP contribution >= 0.6 is 0 Å². The van der Waals surface area contributed by atoms with E-state index in [1.165, 1.54) is 0 Å². The Morgan fingerprint density at radius 3 is 1.00 bits per heavy atom. The second-order valence-corrected chi connectivity index (χ2v) is 9.26. The van der Waals surface area contributed by atoms with E-state index >= 15 is 0 Å². The number of hydrogen-bond acceptors (Lipinski definition) is 4. The fourth-order valence-corrected chi connectivity index (χ4v) is 4.02. The van der Waals surface area contributed by atoms with Crippen molar-refractivity contribution in [3.8, 4) is 5.69 Å². The van der Waals surface area contributed by atoms with E-state index in [0.29, 0.717) is 0 Å². The van der Waals surface area contributed by atoms with E-state index in [-0.39, 0.29) is 0 Å². The molecule has 106 valence electrons. The molecule has 5 heteroatoms. The topological polar surface area (TPSA) is 51.5 Å². The highest BCUT2D eigenvalue weighted by molar-refractivity contribution is 6.69. The van der Waals surface area contributed by atoms with Gasteiger partial charge in [0.25, 0.3) is 0 Å². The van der Waals surface area contributed by atoms with Gasteiger partial charge in [-0.15, -0.1) is 0 Å². The van der Waals surface area contributed by atoms with Crippen LogP contribution in [0.4, 0.5) is 0 Å². The van der Waals surface area contributed by atoms with E-state index in [4.69, 9.17) is 13.3 Å². The predicted octanol–water partition coefficient (Wildman–Crippen LogP) is 3.43. The maximum Gasteiger partial charge on any atom is 0.620 e. The molecule has 0 aromatic rings. The third-order valence-electron chi connectivity index (χ3n) is 1.46. The molecule has 0 aliphatic heterocycles. The molecular weight excluding hydrogens is 246 g/mol. The smallest absolute Gasteiger partial charge is 0.358 e. The maximum absolute atomic E-state index is 9.50. The van der Waals surface area contributed by atoms with Crippen molar-refractivity contribution in [1.29, 1.82) is 5.26 Å². The molecule has 0 fully saturated rings. The minimum atomic E-state index is -3.37. The zero-order valence-electron chi connectivity index (χ0n) is 13.2. The maximum atomic E-state index is 9.50. The second kappa shape index (κ2) is 5.30. The second-order valence-electron chi connectivity index (χ2n) is 7.31. The minimum absolute atomic E-state index is 0.488. The molecule has 0 saturated heterocycles. The highest BCUT2D eigenvalue weighted by Crippen LogP contribution is 2.27. The van der Waals surface area contributed by atoms with Crippen molar-refractivity contribution in [2.75, 3.05) is 0 Å². The number of nitrogens with zero attached hydrogens (tertiary/aromatic N) is 1. The molecule has 0 bridgehead atoms. The van der Waals surface area contributed by atoms with Gasteiger partial charge in [0.1, 0.15) is 5.69 Å². The van der Waals surface area contributed by atoms with Crippen LogP contribution in [0.1, 0.15) is 62.3 Å². The molecule has 0 spiro atoms. The van der Waals surface area contributed by atoms with Crippen LogP contribution in [0.3, 0.4) is 0 Å². The van der Waals surface area contributed by atoms with Crippen LogP contribution in [0, 0.1) is 11.0 Å². The lowest BCUT2D eigenvalue weighted by Gasteiger charge is -2.38. The molecule has 0 aliphatic carbocycles. The minimum Gasteiger partial charge on any atom is -0.358 e. The van der Waals surface area contributed by atoms with Crippen LogP contribution in [-0.2, 0) is 13.3 Å². The molecule has 0 heterocycles. The van der Waals surface area contributed by atoms with Gasteiger partial charge in [-0.05, 0) is 62.3 Å². The van der Waals surface area contributed by atoms with Crippen LogP contribution in [0.25, 0.3) is 0 Å². The molecule has 0 aromatic heterocycles. The summed E-state index contributed by atoms with van der Waals surface area (Å²) >= 11 is 0. The van der Waals surface area contributed by atoms with E-state index in [0.717, 1.165) is 0 Å². The van der Waals surface area contributed by atoms with Crippen LogP contribution in [0.15, 0.2) is 0 Å². The third-order valence-corrected chi connectivity index (χ3v) is 4.38. The van der Waals surface area contributed by atoms with Crippen molar-refractivity contribution >= 4 is 8.80 Å². The van der Waals surface area contributed by atoms with Gasteiger partial charge in [0.2, 0.25) is 0 Å². The van der Waals surface area contributed by atoms with Gasteiger partial charge in [-0.2, -0.15) is 5.26 Å². The van der Waals surface area contributed by atoms with Gasteiger partial charge in [0.05, 0.1) is 16.8 Å². The zero-order valence-corrected chi connectivity index (χ0v) is 14.2. The summed E-state index contributed by atoms with van der Waals surface area (Å²) in [5, 5.41) is 9.50. The van der Waals surface area contributed by atoms with Crippen LogP contribution in [0.2, 0.25) is 0 Å². The highest BCUT2D eigenvalue weighted by atomic mass is 28.4. The summed E-state index contributed by atoms with van der Waals surface area (Å²) in [6.07, 6.45) is 0. The van der Waals surface area contributed by atoms with Gasteiger partial charge in [-0.25, -0.2) is 0 Å². The van der Waals surface area contributed by atoms with Crippen LogP contribution in [0.5, 0.6) is 0 Å². The van der Waals surface area contributed by atoms with Gasteiger partial charge in [0, 0.05) is 0 Å². The molecule has 0 aromatic carbocycles. The molecule has 0 unspecified atom stereocenters. The standard InChI is InChI=1S/C13H27NO3Si/c1-11(2,3)15-18(10-14,16-12(4,5)6)17-13(7,8)9/h1-9H3. The SMILES string of the molecule is CC(C)(C)O[Si](C#N)(OC(C)(C)C)OC(C)(C)C. The Labute approximate surface area is 113 Å². The molecule has 0 amide bonds. The average molecular weight is 273 g/mol. The van der Waals surface area contributed by atoms with Crippen molar-refractivity contribution in [2.24, 2.45) is 0 Å². The summed E-state index contributed by atoms with van der Waals surface area (Å²) in [6, 6.07) is 0. The first-order valence-electron chi connectivity index (χ1n) is 6.20. The molecule has 4 nitrogen and oxygen atoms in total. The lowest BCUT2D eigenvalue weighted by molar-refractivity contribution is -0.0651. The van der Waals surface area contributed by atoms with Crippen molar-refractivity contribution in [3.05, 3.63) is 0 Å². The first kappa shape index (κ1) is 17.6. The van der Waals surface area contributed by atoms with E-state index in [9.17, 15) is 5.26 Å². The summed E-state index contributed by atoms with van der Waals surface area (Å²) < 4.78 is 17.6. The summed E-state index contributed by atoms with van der Waals surface area (Å²) in [7, 11) is -3.37. The summed E-state index contributed by atoms with van der Waals surface area (Å²) in [5.74, 6) is 0. The van der Waals surface area contributed by atoms with Gasteiger partial charge < -0.3 is 13.3 Å². The lowest BCUT2D eigenvalue weighted by atomic mass is 10.2. The van der Waals surface area contributed by atoms with Gasteiger partial charge >= 0.3 is 8.80 Å². The fraction of sp³-hybridized carbons (Fsp3) is 0.923. The van der Waals surface area contributed by atoms with Gasteiger partial charge in [-0.3, -0.25) is 0 Å². The average Bonchev–Trinajstić information content (AvgIpc) is 1.93. The Kier molecular flexibility index (Phi) is 5.17. The Hall–Kier alpha value is -0.413. The normalized spacial score (nSPS) is 14.4. The Bertz CT molecular complexity index is 274.